The molecule has 9 nitrogen and oxygen atoms in total. The molecule has 0 fully saturated rings. The van der Waals surface area contributed by atoms with Gasteiger partial charge in [-0.1, -0.05) is 6.58 Å². The topological polar surface area (TPSA) is 116 Å². The maximum Gasteiger partial charge on any atom is 0.272 e. The fourth-order valence-corrected chi connectivity index (χ4v) is 2.76. The number of hydrogen-bond acceptors (Lipinski definition) is 8. The Labute approximate surface area is 175 Å². The molecule has 0 saturated heterocycles. The zero-order valence-corrected chi connectivity index (χ0v) is 17.3. The Morgan fingerprint density at radius 2 is 2.10 bits per heavy atom. The summed E-state index contributed by atoms with van der Waals surface area (Å²) in [5.41, 5.74) is 1.83. The van der Waals surface area contributed by atoms with Crippen LogP contribution in [0.25, 0.3) is 0 Å². The van der Waals surface area contributed by atoms with Crippen LogP contribution in [0.15, 0.2) is 62.9 Å². The van der Waals surface area contributed by atoms with Gasteiger partial charge in [0.15, 0.2) is 6.40 Å². The van der Waals surface area contributed by atoms with Crippen molar-refractivity contribution in [3.63, 3.8) is 0 Å². The average Bonchev–Trinajstić information content (AvgIpc) is 2.72. The first-order chi connectivity index (χ1) is 13.9. The molecule has 0 atom stereocenters. The van der Waals surface area contributed by atoms with Gasteiger partial charge >= 0.3 is 0 Å². The van der Waals surface area contributed by atoms with E-state index in [9.17, 15) is 15.4 Å². The van der Waals surface area contributed by atoms with Gasteiger partial charge < -0.3 is 9.64 Å². The minimum Gasteiger partial charge on any atom is -0.454 e. The van der Waals surface area contributed by atoms with E-state index in [2.05, 4.69) is 37.7 Å². The van der Waals surface area contributed by atoms with E-state index in [1.807, 2.05) is 37.1 Å². The molecule has 0 amide bonds. The number of nitriles is 1. The first kappa shape index (κ1) is 21.7. The minimum absolute atomic E-state index is 0.0252. The average molecular weight is 457 g/mol. The largest absolute Gasteiger partial charge is 0.454 e. The lowest BCUT2D eigenvalue weighted by molar-refractivity contribution is -0.384. The van der Waals surface area contributed by atoms with Gasteiger partial charge in [-0.05, 0) is 41.1 Å². The number of halogens is 1. The molecule has 148 valence electrons. The van der Waals surface area contributed by atoms with Gasteiger partial charge in [0.1, 0.15) is 17.4 Å². The van der Waals surface area contributed by atoms with Crippen LogP contribution in [0.3, 0.4) is 0 Å². The Balaban J connectivity index is 2.50. The molecule has 2 aromatic rings. The molecule has 0 saturated carbocycles. The Kier molecular flexibility index (Phi) is 7.56. The van der Waals surface area contributed by atoms with E-state index in [-0.39, 0.29) is 21.4 Å². The molecule has 0 aliphatic rings. The smallest absolute Gasteiger partial charge is 0.272 e. The van der Waals surface area contributed by atoms with Crippen molar-refractivity contribution in [2.45, 2.75) is 6.92 Å². The molecule has 2 rings (SSSR count). The van der Waals surface area contributed by atoms with Crippen LogP contribution in [-0.2, 0) is 4.74 Å². The molecule has 0 spiro atoms. The summed E-state index contributed by atoms with van der Waals surface area (Å²) in [7, 11) is 1.94. The first-order valence-corrected chi connectivity index (χ1v) is 9.14. The second-order valence-electron chi connectivity index (χ2n) is 5.62. The van der Waals surface area contributed by atoms with Crippen molar-refractivity contribution in [2.75, 3.05) is 18.5 Å². The molecule has 29 heavy (non-hydrogen) atoms. The quantitative estimate of drug-likeness (QED) is 0.122. The van der Waals surface area contributed by atoms with Crippen LogP contribution >= 0.6 is 15.9 Å². The van der Waals surface area contributed by atoms with E-state index in [1.54, 1.807) is 6.07 Å². The summed E-state index contributed by atoms with van der Waals surface area (Å²) in [6, 6.07) is 9.73. The third-order valence-corrected chi connectivity index (χ3v) is 4.46. The number of hydrogen-bond donors (Lipinski definition) is 0. The van der Waals surface area contributed by atoms with E-state index in [4.69, 9.17) is 4.74 Å². The van der Waals surface area contributed by atoms with Gasteiger partial charge in [0, 0.05) is 31.4 Å². The van der Waals surface area contributed by atoms with Crippen LogP contribution in [0.4, 0.5) is 28.4 Å². The van der Waals surface area contributed by atoms with Crippen molar-refractivity contribution in [2.24, 2.45) is 15.2 Å². The third-order valence-electron chi connectivity index (χ3n) is 3.86. The zero-order valence-electron chi connectivity index (χ0n) is 15.7. The van der Waals surface area contributed by atoms with Crippen molar-refractivity contribution >= 4 is 50.8 Å². The van der Waals surface area contributed by atoms with Crippen molar-refractivity contribution in [3.8, 4) is 6.07 Å². The number of aliphatic imine (C=N–C) groups is 1. The number of anilines is 1. The number of nitro groups is 1. The predicted octanol–water partition coefficient (Wildman–Crippen LogP) is 5.92. The lowest BCUT2D eigenvalue weighted by atomic mass is 10.2. The standard InChI is InChI=1S/C19H17BrN6O3/c1-4-25(3)14-6-7-17(18(10-14)22-12-29-5-2)23-24-19-13(11-21)8-15(26(27)28)9-16(19)20/h5-10,12H,2,4H2,1,3H3. The summed E-state index contributed by atoms with van der Waals surface area (Å²) >= 11 is 3.21. The number of non-ortho nitro benzene ring substituents is 1. The highest BCUT2D eigenvalue weighted by atomic mass is 79.9. The molecule has 2 aromatic carbocycles. The molecular formula is C19H17BrN6O3. The van der Waals surface area contributed by atoms with Crippen LogP contribution in [0.5, 0.6) is 0 Å². The number of ether oxygens (including phenoxy) is 1. The van der Waals surface area contributed by atoms with Crippen LogP contribution in [-0.4, -0.2) is 24.9 Å². The Hall–Kier alpha value is -3.58. The SMILES string of the molecule is C=COC=Nc1cc(N(C)CC)ccc1N=Nc1c(Br)cc([N+](=O)[O-])cc1C#N. The van der Waals surface area contributed by atoms with Gasteiger partial charge in [0.2, 0.25) is 0 Å². The highest BCUT2D eigenvalue weighted by Crippen LogP contribution is 2.37. The summed E-state index contributed by atoms with van der Waals surface area (Å²) < 4.78 is 5.23. The molecule has 0 bridgehead atoms. The second-order valence-corrected chi connectivity index (χ2v) is 6.47. The molecular weight excluding hydrogens is 440 g/mol. The molecule has 0 aromatic heterocycles. The summed E-state index contributed by atoms with van der Waals surface area (Å²) in [5.74, 6) is 0. The Bertz CT molecular complexity index is 1030. The second kappa shape index (κ2) is 10.1. The maximum atomic E-state index is 11.0. The van der Waals surface area contributed by atoms with Gasteiger partial charge in [-0.2, -0.15) is 5.26 Å². The third kappa shape index (κ3) is 5.46. The van der Waals surface area contributed by atoms with Gasteiger partial charge in [-0.3, -0.25) is 10.1 Å². The summed E-state index contributed by atoms with van der Waals surface area (Å²) in [6.07, 6.45) is 2.46. The summed E-state index contributed by atoms with van der Waals surface area (Å²) in [4.78, 5) is 16.6. The molecule has 0 aliphatic heterocycles. The van der Waals surface area contributed by atoms with Gasteiger partial charge in [0.25, 0.3) is 5.69 Å². The van der Waals surface area contributed by atoms with Crippen LogP contribution < -0.4 is 4.90 Å². The van der Waals surface area contributed by atoms with E-state index in [1.165, 1.54) is 18.7 Å². The fourth-order valence-electron chi connectivity index (χ4n) is 2.23. The molecule has 0 unspecified atom stereocenters. The monoisotopic (exact) mass is 456 g/mol. The van der Waals surface area contributed by atoms with Gasteiger partial charge in [0.05, 0.1) is 26.9 Å². The molecule has 0 heterocycles. The lowest BCUT2D eigenvalue weighted by Crippen LogP contribution is -2.15. The van der Waals surface area contributed by atoms with Crippen LogP contribution in [0.1, 0.15) is 12.5 Å². The van der Waals surface area contributed by atoms with Gasteiger partial charge in [-0.25, -0.2) is 4.99 Å². The van der Waals surface area contributed by atoms with E-state index < -0.39 is 4.92 Å². The molecule has 0 aliphatic carbocycles. The van der Waals surface area contributed by atoms with Crippen LogP contribution in [0.2, 0.25) is 0 Å². The van der Waals surface area contributed by atoms with E-state index in [0.29, 0.717) is 11.4 Å². The highest BCUT2D eigenvalue weighted by molar-refractivity contribution is 9.10. The number of rotatable bonds is 8. The zero-order chi connectivity index (χ0) is 21.4. The lowest BCUT2D eigenvalue weighted by Gasteiger charge is -2.17. The Morgan fingerprint density at radius 1 is 1.34 bits per heavy atom. The fraction of sp³-hybridized carbons (Fsp3) is 0.158. The van der Waals surface area contributed by atoms with Crippen LogP contribution in [0, 0.1) is 21.4 Å². The number of azo groups is 1. The van der Waals surface area contributed by atoms with Crippen molar-refractivity contribution in [1.29, 1.82) is 5.26 Å². The van der Waals surface area contributed by atoms with Crippen molar-refractivity contribution in [3.05, 3.63) is 63.3 Å². The van der Waals surface area contributed by atoms with Crippen molar-refractivity contribution < 1.29 is 9.66 Å². The Morgan fingerprint density at radius 3 is 2.72 bits per heavy atom. The summed E-state index contributed by atoms with van der Waals surface area (Å²) in [6.45, 7) is 6.27. The number of benzene rings is 2. The van der Waals surface area contributed by atoms with E-state index in [0.717, 1.165) is 18.3 Å². The van der Waals surface area contributed by atoms with E-state index >= 15 is 0 Å². The normalized spacial score (nSPS) is 10.8. The maximum absolute atomic E-state index is 11.0. The first-order valence-electron chi connectivity index (χ1n) is 8.35. The predicted molar refractivity (Wildman–Crippen MR) is 115 cm³/mol. The van der Waals surface area contributed by atoms with Crippen molar-refractivity contribution in [1.82, 2.24) is 0 Å². The molecule has 0 radical (unpaired) electrons. The molecule has 0 N–H and O–H groups in total. The summed E-state index contributed by atoms with van der Waals surface area (Å²) in [5, 5.41) is 28.6. The van der Waals surface area contributed by atoms with Gasteiger partial charge in [-0.15, -0.1) is 10.2 Å². The number of nitrogens with zero attached hydrogens (tertiary/aromatic N) is 6. The molecule has 10 heteroatoms. The minimum atomic E-state index is -0.581. The highest BCUT2D eigenvalue weighted by Gasteiger charge is 2.15. The number of nitro benzene ring substituents is 1.